The lowest BCUT2D eigenvalue weighted by Gasteiger charge is -2.11. The lowest BCUT2D eigenvalue weighted by Crippen LogP contribution is -2.26. The Morgan fingerprint density at radius 3 is 2.84 bits per heavy atom. The molecule has 0 unspecified atom stereocenters. The van der Waals surface area contributed by atoms with Crippen LogP contribution in [0.1, 0.15) is 12.2 Å². The van der Waals surface area contributed by atoms with E-state index in [-0.39, 0.29) is 30.4 Å². The molecule has 1 aromatic carbocycles. The van der Waals surface area contributed by atoms with Gasteiger partial charge in [-0.15, -0.1) is 11.6 Å². The Hall–Kier alpha value is -1.88. The highest BCUT2D eigenvalue weighted by molar-refractivity contribution is 6.16. The van der Waals surface area contributed by atoms with E-state index in [1.165, 1.54) is 11.7 Å². The Kier molecular flexibility index (Phi) is 4.16. The molecule has 0 bridgehead atoms. The number of fused-ring (bicyclic) bond motifs is 1. The number of ether oxygens (including phenoxy) is 1. The summed E-state index contributed by atoms with van der Waals surface area (Å²) in [6.07, 6.45) is 0.111. The Bertz CT molecular complexity index is 666. The van der Waals surface area contributed by atoms with E-state index in [1.54, 1.807) is 18.2 Å². The van der Waals surface area contributed by atoms with Gasteiger partial charge in [0.1, 0.15) is 5.82 Å². The third-order valence-electron chi connectivity index (χ3n) is 2.83. The Balaban J connectivity index is 2.49. The molecule has 0 saturated heterocycles. The molecule has 0 aliphatic carbocycles. The number of alkyl halides is 1. The molecular formula is C13H13ClN2O3. The van der Waals surface area contributed by atoms with Gasteiger partial charge in [-0.05, 0) is 12.1 Å². The van der Waals surface area contributed by atoms with Crippen molar-refractivity contribution in [2.24, 2.45) is 0 Å². The molecule has 0 amide bonds. The first kappa shape index (κ1) is 13.5. The molecule has 6 heteroatoms. The average molecular weight is 281 g/mol. The summed E-state index contributed by atoms with van der Waals surface area (Å²) in [6, 6.07) is 7.05. The molecule has 19 heavy (non-hydrogen) atoms. The molecule has 2 aromatic rings. The number of aromatic nitrogens is 2. The van der Waals surface area contributed by atoms with Crippen LogP contribution in [0.4, 0.5) is 0 Å². The summed E-state index contributed by atoms with van der Waals surface area (Å²) in [5.74, 6) is 0.191. The standard InChI is InChI=1S/C13H13ClN2O3/c1-19-12(17)6-7-16-11(8-14)15-10-5-3-2-4-9(10)13(16)18/h2-5H,6-8H2,1H3. The zero-order valence-corrected chi connectivity index (χ0v) is 11.2. The van der Waals surface area contributed by atoms with Crippen molar-refractivity contribution in [3.05, 3.63) is 40.4 Å². The van der Waals surface area contributed by atoms with Crippen molar-refractivity contribution in [1.82, 2.24) is 9.55 Å². The number of benzene rings is 1. The predicted octanol–water partition coefficient (Wildman–Crippen LogP) is 1.70. The van der Waals surface area contributed by atoms with Gasteiger partial charge in [0, 0.05) is 6.54 Å². The summed E-state index contributed by atoms with van der Waals surface area (Å²) < 4.78 is 5.99. The molecule has 0 fully saturated rings. The molecule has 1 heterocycles. The highest BCUT2D eigenvalue weighted by Crippen LogP contribution is 2.09. The van der Waals surface area contributed by atoms with Gasteiger partial charge in [0.2, 0.25) is 0 Å². The summed E-state index contributed by atoms with van der Waals surface area (Å²) in [5.41, 5.74) is 0.419. The molecule has 2 rings (SSSR count). The number of hydrogen-bond donors (Lipinski definition) is 0. The van der Waals surface area contributed by atoms with E-state index in [0.29, 0.717) is 16.7 Å². The fourth-order valence-corrected chi connectivity index (χ4v) is 2.06. The van der Waals surface area contributed by atoms with Crippen LogP contribution in [-0.4, -0.2) is 22.6 Å². The van der Waals surface area contributed by atoms with Crippen LogP contribution in [0.5, 0.6) is 0 Å². The van der Waals surface area contributed by atoms with Gasteiger partial charge in [-0.1, -0.05) is 12.1 Å². The van der Waals surface area contributed by atoms with Crippen molar-refractivity contribution >= 4 is 28.5 Å². The molecule has 0 aliphatic rings. The van der Waals surface area contributed by atoms with Crippen molar-refractivity contribution in [2.45, 2.75) is 18.8 Å². The number of halogens is 1. The first-order valence-electron chi connectivity index (χ1n) is 5.78. The van der Waals surface area contributed by atoms with Gasteiger partial charge in [-0.2, -0.15) is 0 Å². The van der Waals surface area contributed by atoms with Crippen LogP contribution in [0, 0.1) is 0 Å². The van der Waals surface area contributed by atoms with Crippen molar-refractivity contribution in [3.63, 3.8) is 0 Å². The maximum absolute atomic E-state index is 12.3. The summed E-state index contributed by atoms with van der Waals surface area (Å²) in [4.78, 5) is 27.8. The van der Waals surface area contributed by atoms with Gasteiger partial charge in [0.05, 0.1) is 30.3 Å². The van der Waals surface area contributed by atoms with Crippen LogP contribution in [0.2, 0.25) is 0 Å². The molecule has 0 aliphatic heterocycles. The minimum absolute atomic E-state index is 0.111. The average Bonchev–Trinajstić information content (AvgIpc) is 2.45. The third-order valence-corrected chi connectivity index (χ3v) is 3.07. The summed E-state index contributed by atoms with van der Waals surface area (Å²) in [6.45, 7) is 0.214. The molecule has 5 nitrogen and oxygen atoms in total. The van der Waals surface area contributed by atoms with Gasteiger partial charge in [-0.3, -0.25) is 14.2 Å². The smallest absolute Gasteiger partial charge is 0.307 e. The molecule has 0 radical (unpaired) electrons. The van der Waals surface area contributed by atoms with Gasteiger partial charge < -0.3 is 4.74 Å². The second-order valence-electron chi connectivity index (χ2n) is 3.96. The largest absolute Gasteiger partial charge is 0.469 e. The van der Waals surface area contributed by atoms with E-state index in [0.717, 1.165) is 0 Å². The minimum Gasteiger partial charge on any atom is -0.469 e. The first-order chi connectivity index (χ1) is 9.17. The van der Waals surface area contributed by atoms with Crippen LogP contribution in [0.3, 0.4) is 0 Å². The summed E-state index contributed by atoms with van der Waals surface area (Å²) in [5, 5.41) is 0.515. The second-order valence-corrected chi connectivity index (χ2v) is 4.23. The van der Waals surface area contributed by atoms with E-state index < -0.39 is 0 Å². The number of hydrogen-bond acceptors (Lipinski definition) is 4. The molecule has 0 saturated carbocycles. The van der Waals surface area contributed by atoms with E-state index in [9.17, 15) is 9.59 Å². The zero-order valence-electron chi connectivity index (χ0n) is 10.4. The van der Waals surface area contributed by atoms with Crippen LogP contribution in [0.15, 0.2) is 29.1 Å². The number of methoxy groups -OCH3 is 1. The van der Waals surface area contributed by atoms with Crippen molar-refractivity contribution in [2.75, 3.05) is 7.11 Å². The lowest BCUT2D eigenvalue weighted by atomic mass is 10.2. The van der Waals surface area contributed by atoms with E-state index >= 15 is 0 Å². The van der Waals surface area contributed by atoms with E-state index in [2.05, 4.69) is 9.72 Å². The Morgan fingerprint density at radius 2 is 2.16 bits per heavy atom. The predicted molar refractivity (Wildman–Crippen MR) is 72.2 cm³/mol. The van der Waals surface area contributed by atoms with Crippen LogP contribution in [0.25, 0.3) is 10.9 Å². The maximum atomic E-state index is 12.3. The summed E-state index contributed by atoms with van der Waals surface area (Å²) >= 11 is 5.82. The molecule has 1 aromatic heterocycles. The number of nitrogens with zero attached hydrogens (tertiary/aromatic N) is 2. The van der Waals surface area contributed by atoms with E-state index in [4.69, 9.17) is 11.6 Å². The highest BCUT2D eigenvalue weighted by atomic mass is 35.5. The molecular weight excluding hydrogens is 268 g/mol. The summed E-state index contributed by atoms with van der Waals surface area (Å²) in [7, 11) is 1.31. The third kappa shape index (κ3) is 2.76. The quantitative estimate of drug-likeness (QED) is 0.632. The van der Waals surface area contributed by atoms with Crippen molar-refractivity contribution in [1.29, 1.82) is 0 Å². The number of rotatable bonds is 4. The fraction of sp³-hybridized carbons (Fsp3) is 0.308. The minimum atomic E-state index is -0.374. The van der Waals surface area contributed by atoms with Gasteiger partial charge in [0.15, 0.2) is 0 Å². The Labute approximate surface area is 114 Å². The van der Waals surface area contributed by atoms with Gasteiger partial charge in [-0.25, -0.2) is 4.98 Å². The molecule has 0 spiro atoms. The van der Waals surface area contributed by atoms with Gasteiger partial charge in [0.25, 0.3) is 5.56 Å². The first-order valence-corrected chi connectivity index (χ1v) is 6.32. The van der Waals surface area contributed by atoms with E-state index in [1.807, 2.05) is 6.07 Å². The topological polar surface area (TPSA) is 61.2 Å². The fourth-order valence-electron chi connectivity index (χ4n) is 1.85. The molecule has 100 valence electrons. The normalized spacial score (nSPS) is 10.6. The molecule has 0 N–H and O–H groups in total. The number of para-hydroxylation sites is 1. The number of esters is 1. The van der Waals surface area contributed by atoms with Crippen LogP contribution < -0.4 is 5.56 Å². The Morgan fingerprint density at radius 1 is 1.42 bits per heavy atom. The number of carbonyl (C=O) groups excluding carboxylic acids is 1. The van der Waals surface area contributed by atoms with Crippen molar-refractivity contribution < 1.29 is 9.53 Å². The van der Waals surface area contributed by atoms with Crippen LogP contribution >= 0.6 is 11.6 Å². The maximum Gasteiger partial charge on any atom is 0.307 e. The second kappa shape index (κ2) is 5.84. The SMILES string of the molecule is COC(=O)CCn1c(CCl)nc2ccccc2c1=O. The van der Waals surface area contributed by atoms with Crippen molar-refractivity contribution in [3.8, 4) is 0 Å². The van der Waals surface area contributed by atoms with Crippen LogP contribution in [-0.2, 0) is 22.0 Å². The zero-order chi connectivity index (χ0) is 13.8. The number of carbonyl (C=O) groups is 1. The highest BCUT2D eigenvalue weighted by Gasteiger charge is 2.11. The monoisotopic (exact) mass is 280 g/mol. The molecule has 0 atom stereocenters. The lowest BCUT2D eigenvalue weighted by molar-refractivity contribution is -0.140. The van der Waals surface area contributed by atoms with Gasteiger partial charge >= 0.3 is 5.97 Å².